The molecule has 0 aliphatic heterocycles. The lowest BCUT2D eigenvalue weighted by atomic mass is 10.0. The highest BCUT2D eigenvalue weighted by atomic mass is 35.5. The number of benzene rings is 1. The van der Waals surface area contributed by atoms with E-state index in [0.717, 1.165) is 17.9 Å². The van der Waals surface area contributed by atoms with Gasteiger partial charge in [-0.25, -0.2) is 0 Å². The highest BCUT2D eigenvalue weighted by Gasteiger charge is 2.10. The molecule has 1 rings (SSSR count). The molecule has 0 bridgehead atoms. The Morgan fingerprint density at radius 3 is 2.23 bits per heavy atom. The predicted octanol–water partition coefficient (Wildman–Crippen LogP) is 3.98. The van der Waals surface area contributed by atoms with Crippen LogP contribution >= 0.6 is 24.2 Å². The number of aryl methyl sites for hydroxylation is 1. The molecule has 0 amide bonds. The van der Waals surface area contributed by atoms with E-state index in [2.05, 4.69) is 38.6 Å². The van der Waals surface area contributed by atoms with E-state index in [0.29, 0.717) is 0 Å². The lowest BCUT2D eigenvalue weighted by Gasteiger charge is -2.16. The number of halogens is 1. The zero-order chi connectivity index (χ0) is 9.90. The number of hydrogen-bond donors (Lipinski definition) is 1. The van der Waals surface area contributed by atoms with Crippen molar-refractivity contribution >= 4 is 24.2 Å². The van der Waals surface area contributed by atoms with Crippen LogP contribution in [0.4, 0.5) is 0 Å². The van der Waals surface area contributed by atoms with Crippen molar-refractivity contribution < 1.29 is 0 Å². The van der Waals surface area contributed by atoms with E-state index in [1.165, 1.54) is 5.56 Å². The first-order valence-electron chi connectivity index (χ1n) is 4.44. The van der Waals surface area contributed by atoms with Gasteiger partial charge in [-0.2, -0.15) is 12.6 Å². The molecule has 0 N–H and O–H groups in total. The van der Waals surface area contributed by atoms with E-state index in [1.54, 1.807) is 0 Å². The van der Waals surface area contributed by atoms with Gasteiger partial charge in [0.2, 0.25) is 0 Å². The predicted molar refractivity (Wildman–Crippen MR) is 62.8 cm³/mol. The Morgan fingerprint density at radius 1 is 1.23 bits per heavy atom. The Morgan fingerprint density at radius 2 is 1.77 bits per heavy atom. The van der Waals surface area contributed by atoms with E-state index in [1.807, 2.05) is 12.1 Å². The van der Waals surface area contributed by atoms with Gasteiger partial charge in [0, 0.05) is 9.77 Å². The van der Waals surface area contributed by atoms with E-state index in [9.17, 15) is 0 Å². The Bertz CT molecular complexity index is 258. The van der Waals surface area contributed by atoms with Gasteiger partial charge in [0.05, 0.1) is 0 Å². The highest BCUT2D eigenvalue weighted by molar-refractivity contribution is 7.81. The van der Waals surface area contributed by atoms with Gasteiger partial charge in [0.25, 0.3) is 0 Å². The monoisotopic (exact) mass is 214 g/mol. The van der Waals surface area contributed by atoms with Gasteiger partial charge >= 0.3 is 0 Å². The van der Waals surface area contributed by atoms with E-state index in [-0.39, 0.29) is 4.75 Å². The molecule has 0 spiro atoms. The Labute approximate surface area is 90.7 Å². The fourth-order valence-electron chi connectivity index (χ4n) is 1.10. The van der Waals surface area contributed by atoms with Crippen LogP contribution in [0.2, 0.25) is 5.02 Å². The third kappa shape index (κ3) is 4.58. The van der Waals surface area contributed by atoms with Gasteiger partial charge in [-0.1, -0.05) is 37.6 Å². The average molecular weight is 215 g/mol. The van der Waals surface area contributed by atoms with Crippen molar-refractivity contribution in [2.45, 2.75) is 31.4 Å². The Hall–Kier alpha value is -0.140. The van der Waals surface area contributed by atoms with E-state index < -0.39 is 0 Å². The van der Waals surface area contributed by atoms with Crippen molar-refractivity contribution in [3.05, 3.63) is 34.9 Å². The molecule has 13 heavy (non-hydrogen) atoms. The van der Waals surface area contributed by atoms with Crippen LogP contribution in [-0.2, 0) is 6.42 Å². The maximum Gasteiger partial charge on any atom is 0.0406 e. The summed E-state index contributed by atoms with van der Waals surface area (Å²) in [7, 11) is 0. The first-order valence-corrected chi connectivity index (χ1v) is 5.27. The molecule has 0 aliphatic carbocycles. The minimum Gasteiger partial charge on any atom is -0.173 e. The molecule has 0 fully saturated rings. The number of rotatable bonds is 3. The van der Waals surface area contributed by atoms with E-state index in [4.69, 9.17) is 11.6 Å². The van der Waals surface area contributed by atoms with Crippen molar-refractivity contribution in [2.75, 3.05) is 0 Å². The molecule has 0 radical (unpaired) electrons. The summed E-state index contributed by atoms with van der Waals surface area (Å²) in [6, 6.07) is 8.01. The van der Waals surface area contributed by atoms with Crippen molar-refractivity contribution in [2.24, 2.45) is 0 Å². The topological polar surface area (TPSA) is 0 Å². The molecular weight excluding hydrogens is 200 g/mol. The fraction of sp³-hybridized carbons (Fsp3) is 0.455. The third-order valence-electron chi connectivity index (χ3n) is 1.94. The van der Waals surface area contributed by atoms with Crippen LogP contribution < -0.4 is 0 Å². The van der Waals surface area contributed by atoms with Crippen LogP contribution in [-0.4, -0.2) is 4.75 Å². The Kier molecular flexibility index (Phi) is 3.69. The van der Waals surface area contributed by atoms with E-state index >= 15 is 0 Å². The van der Waals surface area contributed by atoms with Gasteiger partial charge in [0.15, 0.2) is 0 Å². The summed E-state index contributed by atoms with van der Waals surface area (Å²) in [6.45, 7) is 4.26. The zero-order valence-corrected chi connectivity index (χ0v) is 9.70. The molecule has 72 valence electrons. The van der Waals surface area contributed by atoms with Crippen LogP contribution in [0, 0.1) is 0 Å². The molecule has 2 heteroatoms. The molecule has 0 saturated heterocycles. The molecular formula is C11H15ClS. The fourth-order valence-corrected chi connectivity index (χ4v) is 1.34. The molecule has 1 aromatic carbocycles. The van der Waals surface area contributed by atoms with Gasteiger partial charge < -0.3 is 0 Å². The van der Waals surface area contributed by atoms with Crippen LogP contribution in [0.25, 0.3) is 0 Å². The highest BCUT2D eigenvalue weighted by Crippen LogP contribution is 2.20. The molecule has 0 nitrogen and oxygen atoms in total. The van der Waals surface area contributed by atoms with Crippen LogP contribution in [0.15, 0.2) is 24.3 Å². The number of thiol groups is 1. The molecule has 0 heterocycles. The number of hydrogen-bond acceptors (Lipinski definition) is 1. The third-order valence-corrected chi connectivity index (χ3v) is 2.41. The van der Waals surface area contributed by atoms with Crippen molar-refractivity contribution in [1.82, 2.24) is 0 Å². The lowest BCUT2D eigenvalue weighted by Crippen LogP contribution is -2.11. The summed E-state index contributed by atoms with van der Waals surface area (Å²) >= 11 is 10.3. The van der Waals surface area contributed by atoms with Gasteiger partial charge in [-0.3, -0.25) is 0 Å². The Balaban J connectivity index is 2.51. The van der Waals surface area contributed by atoms with Gasteiger partial charge in [-0.05, 0) is 30.5 Å². The summed E-state index contributed by atoms with van der Waals surface area (Å²) in [4.78, 5) is 0. The van der Waals surface area contributed by atoms with Gasteiger partial charge in [-0.15, -0.1) is 0 Å². The average Bonchev–Trinajstić information content (AvgIpc) is 2.02. The standard InChI is InChI=1S/C11H15ClS/c1-11(2,13)8-7-9-3-5-10(12)6-4-9/h3-6,13H,7-8H2,1-2H3. The lowest BCUT2D eigenvalue weighted by molar-refractivity contribution is 0.644. The first-order chi connectivity index (χ1) is 5.97. The van der Waals surface area contributed by atoms with Crippen LogP contribution in [0.3, 0.4) is 0 Å². The SMILES string of the molecule is CC(C)(S)CCc1ccc(Cl)cc1. The molecule has 0 atom stereocenters. The van der Waals surface area contributed by atoms with Crippen molar-refractivity contribution in [1.29, 1.82) is 0 Å². The van der Waals surface area contributed by atoms with Crippen molar-refractivity contribution in [3.63, 3.8) is 0 Å². The molecule has 0 unspecified atom stereocenters. The van der Waals surface area contributed by atoms with Crippen molar-refractivity contribution in [3.8, 4) is 0 Å². The summed E-state index contributed by atoms with van der Waals surface area (Å²) < 4.78 is 0.111. The summed E-state index contributed by atoms with van der Waals surface area (Å²) in [6.07, 6.45) is 2.14. The maximum atomic E-state index is 5.79. The molecule has 1 aromatic rings. The quantitative estimate of drug-likeness (QED) is 0.723. The molecule has 0 aromatic heterocycles. The minimum absolute atomic E-state index is 0.111. The smallest absolute Gasteiger partial charge is 0.0406 e. The minimum atomic E-state index is 0.111. The molecule has 0 aliphatic rings. The second-order valence-electron chi connectivity index (χ2n) is 3.94. The zero-order valence-electron chi connectivity index (χ0n) is 8.05. The summed E-state index contributed by atoms with van der Waals surface area (Å²) in [5.74, 6) is 0. The normalized spacial score (nSPS) is 11.7. The van der Waals surface area contributed by atoms with Crippen LogP contribution in [0.5, 0.6) is 0 Å². The second-order valence-corrected chi connectivity index (χ2v) is 5.59. The largest absolute Gasteiger partial charge is 0.173 e. The summed E-state index contributed by atoms with van der Waals surface area (Å²) in [5, 5.41) is 0.800. The summed E-state index contributed by atoms with van der Waals surface area (Å²) in [5.41, 5.74) is 1.33. The second kappa shape index (κ2) is 4.39. The van der Waals surface area contributed by atoms with Crippen LogP contribution in [0.1, 0.15) is 25.8 Å². The first kappa shape index (κ1) is 10.9. The van der Waals surface area contributed by atoms with Gasteiger partial charge in [0.1, 0.15) is 0 Å². The molecule has 0 saturated carbocycles. The maximum absolute atomic E-state index is 5.79.